The van der Waals surface area contributed by atoms with Crippen LogP contribution in [0.25, 0.3) is 0 Å². The van der Waals surface area contributed by atoms with Gasteiger partial charge in [-0.1, -0.05) is 13.0 Å². The fraction of sp³-hybridized carbons (Fsp3) is 0.333. The predicted octanol–water partition coefficient (Wildman–Crippen LogP) is 3.50. The largest absolute Gasteiger partial charge is 0.416 e. The summed E-state index contributed by atoms with van der Waals surface area (Å²) in [5.74, 6) is 0. The molecule has 0 amide bonds. The van der Waals surface area contributed by atoms with E-state index in [1.807, 2.05) is 6.92 Å². The van der Waals surface area contributed by atoms with E-state index >= 15 is 0 Å². The average Bonchev–Trinajstić information content (AvgIpc) is 2.45. The molecule has 3 nitrogen and oxygen atoms in total. The lowest BCUT2D eigenvalue weighted by Crippen LogP contribution is -2.23. The molecule has 0 aliphatic rings. The molecule has 6 heteroatoms. The second-order valence-corrected chi connectivity index (χ2v) is 4.73. The number of nitrogens with one attached hydrogen (secondary N) is 1. The Bertz CT molecular complexity index is 597. The Morgan fingerprint density at radius 2 is 1.86 bits per heavy atom. The Labute approximate surface area is 121 Å². The number of halogens is 3. The van der Waals surface area contributed by atoms with Crippen LogP contribution in [0.3, 0.4) is 0 Å². The molecule has 0 aliphatic carbocycles. The third-order valence-corrected chi connectivity index (χ3v) is 3.23. The summed E-state index contributed by atoms with van der Waals surface area (Å²) in [4.78, 5) is 7.94. The summed E-state index contributed by atoms with van der Waals surface area (Å²) in [6, 6.07) is 3.57. The molecule has 0 saturated heterocycles. The lowest BCUT2D eigenvalue weighted by Gasteiger charge is -2.21. The van der Waals surface area contributed by atoms with Crippen LogP contribution in [-0.4, -0.2) is 16.5 Å². The Hall–Kier alpha value is -1.95. The molecule has 1 aromatic heterocycles. The van der Waals surface area contributed by atoms with Crippen molar-refractivity contribution < 1.29 is 13.2 Å². The molecule has 1 aromatic carbocycles. The molecular formula is C15H16F3N3. The molecule has 1 heterocycles. The smallest absolute Gasteiger partial charge is 0.306 e. The second kappa shape index (κ2) is 6.22. The van der Waals surface area contributed by atoms with Gasteiger partial charge < -0.3 is 5.32 Å². The monoisotopic (exact) mass is 295 g/mol. The topological polar surface area (TPSA) is 37.8 Å². The van der Waals surface area contributed by atoms with Gasteiger partial charge in [-0.3, -0.25) is 0 Å². The highest BCUT2D eigenvalue weighted by Gasteiger charge is 2.31. The molecule has 1 unspecified atom stereocenters. The summed E-state index contributed by atoms with van der Waals surface area (Å²) in [6.07, 6.45) is 0.424. The van der Waals surface area contributed by atoms with Crippen LogP contribution in [0, 0.1) is 6.92 Å². The summed E-state index contributed by atoms with van der Waals surface area (Å²) in [5.41, 5.74) is 1.56. The number of hydrogen-bond acceptors (Lipinski definition) is 3. The third kappa shape index (κ3) is 3.58. The molecular weight excluding hydrogens is 279 g/mol. The van der Waals surface area contributed by atoms with E-state index in [0.29, 0.717) is 12.1 Å². The first-order chi connectivity index (χ1) is 9.93. The maximum Gasteiger partial charge on any atom is 0.416 e. The van der Waals surface area contributed by atoms with Gasteiger partial charge in [0.1, 0.15) is 6.33 Å². The number of hydrogen-bond donors (Lipinski definition) is 1. The summed E-state index contributed by atoms with van der Waals surface area (Å²) >= 11 is 0. The standard InChI is InChI=1S/C15H16F3N3/c1-3-21-14(11-7-19-9-20-8-11)13-5-4-12(6-10(13)2)15(16,17)18/h4-9,14,21H,3H2,1-2H3. The molecule has 0 aliphatic heterocycles. The van der Waals surface area contributed by atoms with Gasteiger partial charge in [-0.15, -0.1) is 0 Å². The van der Waals surface area contributed by atoms with Crippen molar-refractivity contribution in [3.8, 4) is 0 Å². The minimum absolute atomic E-state index is 0.224. The highest BCUT2D eigenvalue weighted by Crippen LogP contribution is 2.32. The van der Waals surface area contributed by atoms with Gasteiger partial charge >= 0.3 is 6.18 Å². The Kier molecular flexibility index (Phi) is 4.57. The molecule has 0 saturated carbocycles. The number of aryl methyl sites for hydroxylation is 1. The number of alkyl halides is 3. The van der Waals surface area contributed by atoms with Crippen LogP contribution in [0.5, 0.6) is 0 Å². The molecule has 2 aromatic rings. The van der Waals surface area contributed by atoms with Gasteiger partial charge in [0.05, 0.1) is 11.6 Å². The van der Waals surface area contributed by atoms with E-state index in [-0.39, 0.29) is 6.04 Å². The minimum Gasteiger partial charge on any atom is -0.306 e. The van der Waals surface area contributed by atoms with Crippen molar-refractivity contribution in [3.05, 3.63) is 59.2 Å². The number of rotatable bonds is 4. The van der Waals surface area contributed by atoms with Crippen molar-refractivity contribution in [2.24, 2.45) is 0 Å². The Morgan fingerprint density at radius 3 is 2.38 bits per heavy atom. The van der Waals surface area contributed by atoms with Gasteiger partial charge in [0.15, 0.2) is 0 Å². The zero-order chi connectivity index (χ0) is 15.5. The molecule has 2 rings (SSSR count). The Morgan fingerprint density at radius 1 is 1.19 bits per heavy atom. The molecule has 1 atom stereocenters. The quantitative estimate of drug-likeness (QED) is 0.938. The Balaban J connectivity index is 2.42. The van der Waals surface area contributed by atoms with Gasteiger partial charge in [-0.2, -0.15) is 13.2 Å². The molecule has 21 heavy (non-hydrogen) atoms. The zero-order valence-electron chi connectivity index (χ0n) is 11.8. The molecule has 0 bridgehead atoms. The minimum atomic E-state index is -4.33. The van der Waals surface area contributed by atoms with Gasteiger partial charge in [0.25, 0.3) is 0 Å². The van der Waals surface area contributed by atoms with Crippen LogP contribution < -0.4 is 5.32 Å². The molecule has 0 fully saturated rings. The van der Waals surface area contributed by atoms with E-state index in [1.54, 1.807) is 19.3 Å². The van der Waals surface area contributed by atoms with Crippen molar-refractivity contribution in [2.75, 3.05) is 6.54 Å². The summed E-state index contributed by atoms with van der Waals surface area (Å²) in [6.45, 7) is 4.30. The van der Waals surface area contributed by atoms with Crippen LogP contribution in [0.15, 0.2) is 36.9 Å². The first kappa shape index (κ1) is 15.4. The summed E-state index contributed by atoms with van der Waals surface area (Å²) in [5, 5.41) is 3.25. The first-order valence-electron chi connectivity index (χ1n) is 6.59. The normalized spacial score (nSPS) is 13.2. The number of benzene rings is 1. The molecule has 0 radical (unpaired) electrons. The van der Waals surface area contributed by atoms with E-state index in [1.165, 1.54) is 18.5 Å². The van der Waals surface area contributed by atoms with Gasteiger partial charge in [-0.25, -0.2) is 9.97 Å². The molecule has 112 valence electrons. The first-order valence-corrected chi connectivity index (χ1v) is 6.59. The molecule has 1 N–H and O–H groups in total. The van der Waals surface area contributed by atoms with Crippen LogP contribution in [0.4, 0.5) is 13.2 Å². The van der Waals surface area contributed by atoms with Gasteiger partial charge in [0.2, 0.25) is 0 Å². The van der Waals surface area contributed by atoms with E-state index < -0.39 is 11.7 Å². The summed E-state index contributed by atoms with van der Waals surface area (Å²) in [7, 11) is 0. The maximum atomic E-state index is 12.7. The summed E-state index contributed by atoms with van der Waals surface area (Å²) < 4.78 is 38.2. The van der Waals surface area contributed by atoms with Crippen LogP contribution in [0.2, 0.25) is 0 Å². The lowest BCUT2D eigenvalue weighted by atomic mass is 9.95. The van der Waals surface area contributed by atoms with Crippen LogP contribution in [-0.2, 0) is 6.18 Å². The fourth-order valence-electron chi connectivity index (χ4n) is 2.25. The van der Waals surface area contributed by atoms with Crippen molar-refractivity contribution in [3.63, 3.8) is 0 Å². The second-order valence-electron chi connectivity index (χ2n) is 4.73. The van der Waals surface area contributed by atoms with E-state index in [0.717, 1.165) is 17.2 Å². The van der Waals surface area contributed by atoms with Crippen molar-refractivity contribution in [1.82, 2.24) is 15.3 Å². The SMILES string of the molecule is CCNC(c1cncnc1)c1ccc(C(F)(F)F)cc1C. The highest BCUT2D eigenvalue weighted by atomic mass is 19.4. The fourth-order valence-corrected chi connectivity index (χ4v) is 2.25. The number of aromatic nitrogens is 2. The highest BCUT2D eigenvalue weighted by molar-refractivity contribution is 5.38. The number of nitrogens with zero attached hydrogens (tertiary/aromatic N) is 2. The lowest BCUT2D eigenvalue weighted by molar-refractivity contribution is -0.137. The predicted molar refractivity (Wildman–Crippen MR) is 73.7 cm³/mol. The van der Waals surface area contributed by atoms with Crippen LogP contribution in [0.1, 0.15) is 35.2 Å². The zero-order valence-corrected chi connectivity index (χ0v) is 11.8. The van der Waals surface area contributed by atoms with Crippen molar-refractivity contribution in [2.45, 2.75) is 26.1 Å². The van der Waals surface area contributed by atoms with Crippen molar-refractivity contribution in [1.29, 1.82) is 0 Å². The van der Waals surface area contributed by atoms with E-state index in [2.05, 4.69) is 15.3 Å². The van der Waals surface area contributed by atoms with Gasteiger partial charge in [0, 0.05) is 18.0 Å². The molecule has 0 spiro atoms. The van der Waals surface area contributed by atoms with Crippen molar-refractivity contribution >= 4 is 0 Å². The maximum absolute atomic E-state index is 12.7. The van der Waals surface area contributed by atoms with Gasteiger partial charge in [-0.05, 0) is 36.7 Å². The van der Waals surface area contributed by atoms with E-state index in [9.17, 15) is 13.2 Å². The van der Waals surface area contributed by atoms with E-state index in [4.69, 9.17) is 0 Å². The average molecular weight is 295 g/mol. The third-order valence-electron chi connectivity index (χ3n) is 3.23. The van der Waals surface area contributed by atoms with Crippen LogP contribution >= 0.6 is 0 Å².